The Labute approximate surface area is 123 Å². The van der Waals surface area contributed by atoms with Crippen molar-refractivity contribution in [2.45, 2.75) is 42.7 Å². The first-order valence-electron chi connectivity index (χ1n) is 6.46. The molecule has 22 heavy (non-hydrogen) atoms. The first-order valence-corrected chi connectivity index (χ1v) is 7.94. The van der Waals surface area contributed by atoms with E-state index in [-0.39, 0.29) is 0 Å². The Hall–Kier alpha value is -1.26. The predicted molar refractivity (Wildman–Crippen MR) is 66.8 cm³/mol. The lowest BCUT2D eigenvalue weighted by Crippen LogP contribution is -2.49. The molecule has 0 spiro atoms. The van der Waals surface area contributed by atoms with E-state index < -0.39 is 56.1 Å². The van der Waals surface area contributed by atoms with Crippen LogP contribution < -0.4 is 10.5 Å². The normalized spacial score (nSPS) is 22.8. The van der Waals surface area contributed by atoms with Crippen molar-refractivity contribution in [2.75, 3.05) is 0 Å². The smallest absolute Gasteiger partial charge is 0.246 e. The van der Waals surface area contributed by atoms with Crippen molar-refractivity contribution in [1.82, 2.24) is 4.72 Å². The number of sulfonamides is 1. The summed E-state index contributed by atoms with van der Waals surface area (Å²) < 4.78 is 92.3. The molecule has 1 aliphatic rings. The van der Waals surface area contributed by atoms with Crippen LogP contribution in [0.5, 0.6) is 0 Å². The maximum Gasteiger partial charge on any atom is 0.246 e. The number of benzene rings is 1. The molecule has 1 aliphatic carbocycles. The molecule has 0 amide bonds. The van der Waals surface area contributed by atoms with E-state index in [1.54, 1.807) is 0 Å². The van der Waals surface area contributed by atoms with Gasteiger partial charge in [-0.3, -0.25) is 0 Å². The molecular weight excluding hydrogens is 331 g/mol. The average molecular weight is 344 g/mol. The van der Waals surface area contributed by atoms with Crippen molar-refractivity contribution in [2.24, 2.45) is 5.73 Å². The molecule has 0 bridgehead atoms. The predicted octanol–water partition coefficient (Wildman–Crippen LogP) is 1.93. The number of nitrogens with one attached hydrogen (secondary N) is 1. The van der Waals surface area contributed by atoms with Crippen LogP contribution in [-0.2, 0) is 10.0 Å². The fraction of sp³-hybridized carbons (Fsp3) is 0.500. The molecule has 1 aromatic carbocycles. The molecule has 0 radical (unpaired) electrons. The van der Waals surface area contributed by atoms with Crippen molar-refractivity contribution in [1.29, 1.82) is 0 Å². The molecule has 0 aliphatic heterocycles. The molecule has 2 atom stereocenters. The van der Waals surface area contributed by atoms with Crippen LogP contribution in [0, 0.1) is 29.1 Å². The fourth-order valence-corrected chi connectivity index (χ4v) is 3.84. The largest absolute Gasteiger partial charge is 0.326 e. The summed E-state index contributed by atoms with van der Waals surface area (Å²) in [5.41, 5.74) is 5.70. The van der Waals surface area contributed by atoms with Crippen LogP contribution in [0.15, 0.2) is 4.90 Å². The Kier molecular flexibility index (Phi) is 4.73. The molecule has 2 rings (SSSR count). The molecule has 124 valence electrons. The molecule has 4 nitrogen and oxygen atoms in total. The maximum absolute atomic E-state index is 13.6. The molecule has 3 N–H and O–H groups in total. The Morgan fingerprint density at radius 1 is 0.864 bits per heavy atom. The molecule has 0 heterocycles. The van der Waals surface area contributed by atoms with E-state index in [9.17, 15) is 30.4 Å². The lowest BCUT2D eigenvalue weighted by atomic mass is 9.92. The summed E-state index contributed by atoms with van der Waals surface area (Å²) in [6.45, 7) is 0. The topological polar surface area (TPSA) is 72.2 Å². The zero-order valence-corrected chi connectivity index (χ0v) is 12.0. The quantitative estimate of drug-likeness (QED) is 0.500. The lowest BCUT2D eigenvalue weighted by Gasteiger charge is -2.29. The van der Waals surface area contributed by atoms with Gasteiger partial charge in [-0.1, -0.05) is 12.8 Å². The van der Waals surface area contributed by atoms with Crippen LogP contribution >= 0.6 is 0 Å². The van der Waals surface area contributed by atoms with Crippen LogP contribution in [0.4, 0.5) is 22.0 Å². The first kappa shape index (κ1) is 17.1. The number of hydrogen-bond donors (Lipinski definition) is 2. The monoisotopic (exact) mass is 344 g/mol. The minimum Gasteiger partial charge on any atom is -0.326 e. The minimum atomic E-state index is -4.94. The van der Waals surface area contributed by atoms with Gasteiger partial charge in [0, 0.05) is 12.1 Å². The highest BCUT2D eigenvalue weighted by molar-refractivity contribution is 7.89. The molecule has 0 saturated heterocycles. The van der Waals surface area contributed by atoms with Gasteiger partial charge in [-0.25, -0.2) is 35.1 Å². The minimum absolute atomic E-state index is 0.315. The second-order valence-electron chi connectivity index (χ2n) is 5.08. The highest BCUT2D eigenvalue weighted by atomic mass is 32.2. The summed E-state index contributed by atoms with van der Waals surface area (Å²) in [7, 11) is -4.94. The van der Waals surface area contributed by atoms with Gasteiger partial charge in [0.25, 0.3) is 0 Å². The number of rotatable bonds is 3. The van der Waals surface area contributed by atoms with Crippen molar-refractivity contribution in [3.05, 3.63) is 29.1 Å². The first-order chi connectivity index (χ1) is 10.2. The number of hydrogen-bond acceptors (Lipinski definition) is 3. The van der Waals surface area contributed by atoms with Crippen LogP contribution in [-0.4, -0.2) is 20.5 Å². The zero-order valence-electron chi connectivity index (χ0n) is 11.2. The third kappa shape index (κ3) is 2.95. The summed E-state index contributed by atoms with van der Waals surface area (Å²) in [6.07, 6.45) is 2.21. The van der Waals surface area contributed by atoms with Crippen LogP contribution in [0.3, 0.4) is 0 Å². The van der Waals surface area contributed by atoms with E-state index in [2.05, 4.69) is 0 Å². The summed E-state index contributed by atoms with van der Waals surface area (Å²) in [5, 5.41) is 0. The Bertz CT molecular complexity index is 666. The Morgan fingerprint density at radius 3 is 1.82 bits per heavy atom. The second kappa shape index (κ2) is 6.09. The van der Waals surface area contributed by atoms with Crippen LogP contribution in [0.25, 0.3) is 0 Å². The SMILES string of the molecule is N[C@H]1CCCC[C@@H]1NS(=O)(=O)c1c(F)c(F)c(F)c(F)c1F. The highest BCUT2D eigenvalue weighted by Crippen LogP contribution is 2.27. The summed E-state index contributed by atoms with van der Waals surface area (Å²) in [6, 6.07) is -1.42. The number of halogens is 5. The van der Waals surface area contributed by atoms with E-state index >= 15 is 0 Å². The van der Waals surface area contributed by atoms with Gasteiger partial charge in [0.15, 0.2) is 28.2 Å². The lowest BCUT2D eigenvalue weighted by molar-refractivity contribution is 0.348. The van der Waals surface area contributed by atoms with Crippen LogP contribution in [0.2, 0.25) is 0 Å². The Morgan fingerprint density at radius 2 is 1.32 bits per heavy atom. The molecular formula is C12H13F5N2O2S. The molecule has 10 heteroatoms. The van der Waals surface area contributed by atoms with Gasteiger partial charge in [-0.05, 0) is 12.8 Å². The third-order valence-corrected chi connectivity index (χ3v) is 5.07. The van der Waals surface area contributed by atoms with Crippen molar-refractivity contribution in [3.63, 3.8) is 0 Å². The van der Waals surface area contributed by atoms with E-state index in [1.165, 1.54) is 0 Å². The van der Waals surface area contributed by atoms with E-state index in [1.807, 2.05) is 4.72 Å². The highest BCUT2D eigenvalue weighted by Gasteiger charge is 2.36. The maximum atomic E-state index is 13.6. The van der Waals surface area contributed by atoms with Crippen molar-refractivity contribution in [3.8, 4) is 0 Å². The van der Waals surface area contributed by atoms with Crippen molar-refractivity contribution < 1.29 is 30.4 Å². The summed E-state index contributed by atoms with van der Waals surface area (Å²) >= 11 is 0. The van der Waals surface area contributed by atoms with E-state index in [4.69, 9.17) is 5.73 Å². The molecule has 0 unspecified atom stereocenters. The van der Waals surface area contributed by atoms with Crippen LogP contribution in [0.1, 0.15) is 25.7 Å². The summed E-state index contributed by atoms with van der Waals surface area (Å²) in [5.74, 6) is -11.8. The van der Waals surface area contributed by atoms with E-state index in [0.29, 0.717) is 19.3 Å². The standard InChI is InChI=1S/C12H13F5N2O2S/c13-7-8(14)10(16)12(11(17)9(7)15)22(20,21)19-6-4-2-1-3-5(6)18/h5-6,19H,1-4,18H2/t5-,6-/m0/s1. The van der Waals surface area contributed by atoms with E-state index in [0.717, 1.165) is 6.42 Å². The zero-order chi connectivity index (χ0) is 16.7. The molecule has 1 fully saturated rings. The van der Waals surface area contributed by atoms with Gasteiger partial charge < -0.3 is 5.73 Å². The average Bonchev–Trinajstić information content (AvgIpc) is 2.45. The van der Waals surface area contributed by atoms with Gasteiger partial charge in [-0.2, -0.15) is 0 Å². The summed E-state index contributed by atoms with van der Waals surface area (Å²) in [4.78, 5) is -1.89. The molecule has 0 aromatic heterocycles. The molecule has 1 saturated carbocycles. The van der Waals surface area contributed by atoms with Gasteiger partial charge >= 0.3 is 0 Å². The van der Waals surface area contributed by atoms with Gasteiger partial charge in [0.2, 0.25) is 15.8 Å². The second-order valence-corrected chi connectivity index (χ2v) is 6.73. The van der Waals surface area contributed by atoms with Gasteiger partial charge in [0.05, 0.1) is 0 Å². The molecule has 1 aromatic rings. The van der Waals surface area contributed by atoms with Gasteiger partial charge in [-0.15, -0.1) is 0 Å². The third-order valence-electron chi connectivity index (χ3n) is 3.56. The van der Waals surface area contributed by atoms with Crippen molar-refractivity contribution >= 4 is 10.0 Å². The van der Waals surface area contributed by atoms with Gasteiger partial charge in [0.1, 0.15) is 0 Å². The Balaban J connectivity index is 2.46. The fourth-order valence-electron chi connectivity index (χ4n) is 2.38. The number of nitrogens with two attached hydrogens (primary N) is 1.